The van der Waals surface area contributed by atoms with Crippen LogP contribution >= 0.6 is 11.8 Å². The molecule has 11 heteroatoms. The monoisotopic (exact) mass is 671 g/mol. The van der Waals surface area contributed by atoms with Gasteiger partial charge >= 0.3 is 29.6 Å². The molecule has 0 atom stereocenters. The molecular formula is C36H30N3NaO5S2. The Morgan fingerprint density at radius 3 is 2.21 bits per heavy atom. The molecule has 0 saturated carbocycles. The number of fused-ring (bicyclic) bond motifs is 1. The first-order valence-electron chi connectivity index (χ1n) is 14.4. The second-order valence-electron chi connectivity index (χ2n) is 10.7. The summed E-state index contributed by atoms with van der Waals surface area (Å²) in [5.74, 6) is -0.341. The molecule has 1 heterocycles. The van der Waals surface area contributed by atoms with Gasteiger partial charge in [0.1, 0.15) is 12.4 Å². The predicted molar refractivity (Wildman–Crippen MR) is 190 cm³/mol. The number of nitrogens with one attached hydrogen (secondary N) is 2. The van der Waals surface area contributed by atoms with Gasteiger partial charge in [-0.25, -0.2) is 13.1 Å². The molecule has 0 spiro atoms. The molecule has 1 aliphatic rings. The number of aliphatic imine (C=N–C) groups is 1. The maximum atomic E-state index is 12.9. The van der Waals surface area contributed by atoms with E-state index >= 15 is 0 Å². The van der Waals surface area contributed by atoms with E-state index in [0.29, 0.717) is 33.7 Å². The zero-order valence-electron chi connectivity index (χ0n) is 24.8. The Bertz CT molecular complexity index is 2100. The number of hydrogen-bond donors (Lipinski definition) is 2. The van der Waals surface area contributed by atoms with Crippen molar-refractivity contribution in [2.45, 2.75) is 24.8 Å². The molecule has 0 unspecified atom stereocenters. The van der Waals surface area contributed by atoms with Gasteiger partial charge in [-0.1, -0.05) is 84.4 Å². The molecule has 47 heavy (non-hydrogen) atoms. The quantitative estimate of drug-likeness (QED) is 0.142. The fourth-order valence-electron chi connectivity index (χ4n) is 4.79. The number of aryl methyl sites for hydroxylation is 1. The predicted octanol–water partition coefficient (Wildman–Crippen LogP) is 6.21. The maximum absolute atomic E-state index is 12.9. The van der Waals surface area contributed by atoms with Crippen LogP contribution in [0.3, 0.4) is 0 Å². The van der Waals surface area contributed by atoms with E-state index in [1.807, 2.05) is 73.7 Å². The van der Waals surface area contributed by atoms with Crippen molar-refractivity contribution in [1.82, 2.24) is 4.72 Å². The van der Waals surface area contributed by atoms with Crippen molar-refractivity contribution in [3.63, 3.8) is 0 Å². The second kappa shape index (κ2) is 15.1. The summed E-state index contributed by atoms with van der Waals surface area (Å²) < 4.78 is 33.4. The molecule has 0 aromatic heterocycles. The topological polar surface area (TPSA) is 114 Å². The van der Waals surface area contributed by atoms with Gasteiger partial charge in [0, 0.05) is 11.3 Å². The molecule has 0 fully saturated rings. The van der Waals surface area contributed by atoms with E-state index in [0.717, 1.165) is 27.5 Å². The molecule has 232 valence electrons. The van der Waals surface area contributed by atoms with Gasteiger partial charge in [0.05, 0.1) is 16.2 Å². The number of amides is 2. The van der Waals surface area contributed by atoms with Crippen LogP contribution in [-0.4, -0.2) is 55.0 Å². The summed E-state index contributed by atoms with van der Waals surface area (Å²) >= 11 is 1.22. The van der Waals surface area contributed by atoms with Gasteiger partial charge < -0.3 is 10.1 Å². The number of ether oxygens (including phenoxy) is 1. The third-order valence-corrected chi connectivity index (χ3v) is 9.46. The molecule has 0 aliphatic carbocycles. The SMILES string of the molecule is Cc1ccc(S(=O)(=O)NC(=O)Cc2ccc(NC3=NC(=O)C(=Cc4cc5ccccc5cc4OCc4ccccc4)S3)cc2)cc1.[NaH]. The van der Waals surface area contributed by atoms with Crippen molar-refractivity contribution in [3.05, 3.63) is 142 Å². The number of nitrogens with zero attached hydrogens (tertiary/aromatic N) is 1. The van der Waals surface area contributed by atoms with Crippen molar-refractivity contribution < 1.29 is 22.7 Å². The van der Waals surface area contributed by atoms with Gasteiger partial charge in [-0.15, -0.1) is 0 Å². The van der Waals surface area contributed by atoms with Gasteiger partial charge in [-0.2, -0.15) is 4.99 Å². The van der Waals surface area contributed by atoms with Crippen molar-refractivity contribution in [3.8, 4) is 5.75 Å². The van der Waals surface area contributed by atoms with Crippen LogP contribution < -0.4 is 14.8 Å². The summed E-state index contributed by atoms with van der Waals surface area (Å²) in [6.45, 7) is 2.24. The van der Waals surface area contributed by atoms with Crippen molar-refractivity contribution in [2.75, 3.05) is 5.32 Å². The number of rotatable bonds is 9. The van der Waals surface area contributed by atoms with Crippen molar-refractivity contribution in [1.29, 1.82) is 0 Å². The molecule has 6 rings (SSSR count). The zero-order valence-corrected chi connectivity index (χ0v) is 26.4. The summed E-state index contributed by atoms with van der Waals surface area (Å²) in [6.07, 6.45) is 1.68. The van der Waals surface area contributed by atoms with E-state index in [9.17, 15) is 18.0 Å². The van der Waals surface area contributed by atoms with Gasteiger partial charge in [0.2, 0.25) is 5.91 Å². The van der Waals surface area contributed by atoms with Crippen LogP contribution in [-0.2, 0) is 32.6 Å². The molecule has 0 radical (unpaired) electrons. The molecule has 5 aromatic rings. The number of amidine groups is 1. The molecule has 0 bridgehead atoms. The van der Waals surface area contributed by atoms with E-state index in [1.165, 1.54) is 23.9 Å². The minimum atomic E-state index is -3.96. The van der Waals surface area contributed by atoms with E-state index < -0.39 is 15.9 Å². The Labute approximate surface area is 299 Å². The van der Waals surface area contributed by atoms with E-state index in [1.54, 1.807) is 42.5 Å². The van der Waals surface area contributed by atoms with Gasteiger partial charge in [0.25, 0.3) is 15.9 Å². The number of carbonyl (C=O) groups is 2. The molecule has 1 aliphatic heterocycles. The fraction of sp³-hybridized carbons (Fsp3) is 0.0833. The number of anilines is 1. The zero-order chi connectivity index (χ0) is 32.1. The molecular weight excluding hydrogens is 642 g/mol. The first-order valence-corrected chi connectivity index (χ1v) is 16.7. The number of sulfonamides is 1. The Morgan fingerprint density at radius 1 is 0.851 bits per heavy atom. The first kappa shape index (κ1) is 34.2. The average molecular weight is 672 g/mol. The van der Waals surface area contributed by atoms with Crippen molar-refractivity contribution in [2.24, 2.45) is 4.99 Å². The number of thioether (sulfide) groups is 1. The Hall–Kier alpha value is -4.19. The molecule has 2 N–H and O–H groups in total. The minimum absolute atomic E-state index is 0. The Morgan fingerprint density at radius 2 is 1.51 bits per heavy atom. The second-order valence-corrected chi connectivity index (χ2v) is 13.4. The summed E-state index contributed by atoms with van der Waals surface area (Å²) in [7, 11) is -3.96. The molecule has 2 amide bonds. The van der Waals surface area contributed by atoms with E-state index in [-0.39, 0.29) is 46.8 Å². The average Bonchev–Trinajstić information content (AvgIpc) is 3.39. The summed E-state index contributed by atoms with van der Waals surface area (Å²) in [6, 6.07) is 35.0. The van der Waals surface area contributed by atoms with Crippen LogP contribution in [0.5, 0.6) is 5.75 Å². The first-order chi connectivity index (χ1) is 22.2. The van der Waals surface area contributed by atoms with Crippen molar-refractivity contribution >= 4 is 90.9 Å². The van der Waals surface area contributed by atoms with Crippen LogP contribution in [0, 0.1) is 6.92 Å². The third-order valence-electron chi connectivity index (χ3n) is 7.17. The van der Waals surface area contributed by atoms with Gasteiger partial charge in [-0.05, 0) is 83.1 Å². The van der Waals surface area contributed by atoms with Crippen LogP contribution in [0.25, 0.3) is 16.8 Å². The normalized spacial score (nSPS) is 13.6. The van der Waals surface area contributed by atoms with Gasteiger partial charge in [0.15, 0.2) is 5.17 Å². The van der Waals surface area contributed by atoms with E-state index in [4.69, 9.17) is 4.74 Å². The molecule has 8 nitrogen and oxygen atoms in total. The summed E-state index contributed by atoms with van der Waals surface area (Å²) in [5, 5.41) is 5.62. The van der Waals surface area contributed by atoms with Crippen LogP contribution in [0.15, 0.2) is 130 Å². The van der Waals surface area contributed by atoms with Crippen LogP contribution in [0.2, 0.25) is 0 Å². The number of carbonyl (C=O) groups excluding carboxylic acids is 2. The van der Waals surface area contributed by atoms with Crippen LogP contribution in [0.1, 0.15) is 22.3 Å². The number of benzene rings is 5. The number of hydrogen-bond acceptors (Lipinski definition) is 7. The summed E-state index contributed by atoms with van der Waals surface area (Å²) in [5.41, 5.74) is 4.01. The molecule has 0 saturated heterocycles. The third kappa shape index (κ3) is 8.79. The van der Waals surface area contributed by atoms with E-state index in [2.05, 4.69) is 15.0 Å². The summed E-state index contributed by atoms with van der Waals surface area (Å²) in [4.78, 5) is 30.0. The van der Waals surface area contributed by atoms with Crippen LogP contribution in [0.4, 0.5) is 5.69 Å². The van der Waals surface area contributed by atoms with Gasteiger partial charge in [-0.3, -0.25) is 9.59 Å². The molecule has 5 aromatic carbocycles. The fourth-order valence-corrected chi connectivity index (χ4v) is 6.60. The Balaban J connectivity index is 0.00000433. The Kier molecular flexibility index (Phi) is 11.0. The standard InChI is InChI=1S/C36H29N3O5S2.Na.H/c1-24-11-17-31(18-12-24)46(42,43)39-34(40)19-25-13-15-30(16-14-25)37-36-38-35(41)33(45-36)22-29-20-27-9-5-6-10-28(27)21-32(29)44-23-26-7-3-2-4-8-26;;/h2-18,20-22H,19,23H2,1H3,(H,39,40)(H,37,38,41);;.